The Morgan fingerprint density at radius 3 is 2.45 bits per heavy atom. The lowest BCUT2D eigenvalue weighted by atomic mass is 9.84. The van der Waals surface area contributed by atoms with Crippen LogP contribution in [0.25, 0.3) is 0 Å². The van der Waals surface area contributed by atoms with Crippen LogP contribution in [0.4, 0.5) is 5.69 Å². The van der Waals surface area contributed by atoms with Gasteiger partial charge in [0.05, 0.1) is 4.90 Å². The Balaban J connectivity index is 1.71. The monoisotopic (exact) mass is 294 g/mol. The van der Waals surface area contributed by atoms with Crippen molar-refractivity contribution in [3.8, 4) is 0 Å². The van der Waals surface area contributed by atoms with Gasteiger partial charge in [0.15, 0.2) is 0 Å². The molecule has 0 aliphatic heterocycles. The van der Waals surface area contributed by atoms with Crippen LogP contribution in [0.3, 0.4) is 0 Å². The van der Waals surface area contributed by atoms with Crippen molar-refractivity contribution in [3.63, 3.8) is 0 Å². The number of hydrogen-bond donors (Lipinski definition) is 2. The van der Waals surface area contributed by atoms with Crippen molar-refractivity contribution in [1.29, 1.82) is 0 Å². The Hall–Kier alpha value is -1.07. The van der Waals surface area contributed by atoms with Gasteiger partial charge in [-0.25, -0.2) is 13.1 Å². The first-order chi connectivity index (χ1) is 9.45. The molecule has 0 heterocycles. The number of anilines is 1. The molecule has 2 aliphatic carbocycles. The van der Waals surface area contributed by atoms with E-state index in [-0.39, 0.29) is 6.04 Å². The van der Waals surface area contributed by atoms with E-state index in [4.69, 9.17) is 5.73 Å². The van der Waals surface area contributed by atoms with Crippen LogP contribution < -0.4 is 10.5 Å². The highest BCUT2D eigenvalue weighted by Crippen LogP contribution is 2.49. The molecule has 2 fully saturated rings. The summed E-state index contributed by atoms with van der Waals surface area (Å²) in [5.74, 6) is 2.04. The second-order valence-corrected chi connectivity index (χ2v) is 8.03. The van der Waals surface area contributed by atoms with Gasteiger partial charge in [0.25, 0.3) is 0 Å². The standard InChI is InChI=1S/C15H22N2O2S/c1-10(15-9-11-2-3-12(15)8-11)17-20(18,19)14-6-4-13(16)5-7-14/h4-7,10-12,15,17H,2-3,8-9,16H2,1H3/t10-,11-,12-,15-/m0/s1. The van der Waals surface area contributed by atoms with Crippen LogP contribution >= 0.6 is 0 Å². The molecule has 3 N–H and O–H groups in total. The third-order valence-corrected chi connectivity index (χ3v) is 6.54. The van der Waals surface area contributed by atoms with E-state index >= 15 is 0 Å². The van der Waals surface area contributed by atoms with Gasteiger partial charge in [0.2, 0.25) is 10.0 Å². The highest BCUT2D eigenvalue weighted by molar-refractivity contribution is 7.89. The summed E-state index contributed by atoms with van der Waals surface area (Å²) in [4.78, 5) is 0.293. The maximum atomic E-state index is 12.4. The number of nitrogens with one attached hydrogen (secondary N) is 1. The predicted molar refractivity (Wildman–Crippen MR) is 79.6 cm³/mol. The van der Waals surface area contributed by atoms with Crippen LogP contribution in [0.2, 0.25) is 0 Å². The van der Waals surface area contributed by atoms with E-state index in [2.05, 4.69) is 4.72 Å². The smallest absolute Gasteiger partial charge is 0.240 e. The fourth-order valence-corrected chi connectivity index (χ4v) is 5.25. The number of nitrogen functional groups attached to an aromatic ring is 1. The number of fused-ring (bicyclic) bond motifs is 2. The summed E-state index contributed by atoms with van der Waals surface area (Å²) < 4.78 is 27.6. The van der Waals surface area contributed by atoms with Crippen molar-refractivity contribution in [3.05, 3.63) is 24.3 Å². The molecular weight excluding hydrogens is 272 g/mol. The van der Waals surface area contributed by atoms with Gasteiger partial charge in [-0.05, 0) is 68.2 Å². The minimum atomic E-state index is -3.44. The fourth-order valence-electron chi connectivity index (χ4n) is 3.95. The Morgan fingerprint density at radius 2 is 1.90 bits per heavy atom. The summed E-state index contributed by atoms with van der Waals surface area (Å²) >= 11 is 0. The van der Waals surface area contributed by atoms with Crippen molar-refractivity contribution in [2.24, 2.45) is 17.8 Å². The molecule has 2 saturated carbocycles. The number of nitrogens with two attached hydrogens (primary N) is 1. The minimum absolute atomic E-state index is 0.00727. The van der Waals surface area contributed by atoms with Crippen LogP contribution in [-0.4, -0.2) is 14.5 Å². The molecule has 20 heavy (non-hydrogen) atoms. The molecule has 5 heteroatoms. The topological polar surface area (TPSA) is 72.2 Å². The maximum Gasteiger partial charge on any atom is 0.240 e. The zero-order valence-electron chi connectivity index (χ0n) is 11.7. The van der Waals surface area contributed by atoms with E-state index in [1.807, 2.05) is 6.92 Å². The van der Waals surface area contributed by atoms with Gasteiger partial charge in [-0.3, -0.25) is 0 Å². The molecular formula is C15H22N2O2S. The molecule has 110 valence electrons. The molecule has 4 nitrogen and oxygen atoms in total. The fraction of sp³-hybridized carbons (Fsp3) is 0.600. The SMILES string of the molecule is C[C@H](NS(=O)(=O)c1ccc(N)cc1)[C@@H]1C[C@H]2CC[C@H]1C2. The lowest BCUT2D eigenvalue weighted by Gasteiger charge is -2.28. The first-order valence-electron chi connectivity index (χ1n) is 7.33. The lowest BCUT2D eigenvalue weighted by molar-refractivity contribution is 0.280. The van der Waals surface area contributed by atoms with Crippen molar-refractivity contribution >= 4 is 15.7 Å². The molecule has 0 spiro atoms. The molecule has 1 aromatic rings. The van der Waals surface area contributed by atoms with Crippen molar-refractivity contribution in [1.82, 2.24) is 4.72 Å². The van der Waals surface area contributed by atoms with Gasteiger partial charge < -0.3 is 5.73 Å². The first kappa shape index (κ1) is 13.9. The van der Waals surface area contributed by atoms with Gasteiger partial charge in [-0.15, -0.1) is 0 Å². The Bertz CT molecular complexity index is 582. The van der Waals surface area contributed by atoms with Gasteiger partial charge >= 0.3 is 0 Å². The Labute approximate surface area is 120 Å². The van der Waals surface area contributed by atoms with Crippen LogP contribution in [0.5, 0.6) is 0 Å². The molecule has 3 rings (SSSR count). The van der Waals surface area contributed by atoms with E-state index in [0.29, 0.717) is 22.4 Å². The molecule has 1 aromatic carbocycles. The van der Waals surface area contributed by atoms with E-state index in [1.54, 1.807) is 24.3 Å². The van der Waals surface area contributed by atoms with Crippen LogP contribution in [0, 0.1) is 17.8 Å². The van der Waals surface area contributed by atoms with Crippen LogP contribution in [-0.2, 0) is 10.0 Å². The summed E-state index contributed by atoms with van der Waals surface area (Å²) in [6.45, 7) is 2.00. The second kappa shape index (κ2) is 5.04. The van der Waals surface area contributed by atoms with Crippen molar-refractivity contribution in [2.45, 2.75) is 43.5 Å². The summed E-state index contributed by atoms with van der Waals surface area (Å²) in [6.07, 6.45) is 5.07. The van der Waals surface area contributed by atoms with Crippen molar-refractivity contribution in [2.75, 3.05) is 5.73 Å². The average Bonchev–Trinajstić information content (AvgIpc) is 3.01. The second-order valence-electron chi connectivity index (χ2n) is 6.32. The predicted octanol–water partition coefficient (Wildman–Crippen LogP) is 2.37. The molecule has 4 atom stereocenters. The summed E-state index contributed by atoms with van der Waals surface area (Å²) in [6, 6.07) is 6.37. The van der Waals surface area contributed by atoms with Gasteiger partial charge in [0.1, 0.15) is 0 Å². The zero-order chi connectivity index (χ0) is 14.3. The maximum absolute atomic E-state index is 12.4. The molecule has 0 saturated heterocycles. The first-order valence-corrected chi connectivity index (χ1v) is 8.82. The molecule has 2 bridgehead atoms. The quantitative estimate of drug-likeness (QED) is 0.837. The Morgan fingerprint density at radius 1 is 1.20 bits per heavy atom. The molecule has 0 amide bonds. The van der Waals surface area contributed by atoms with E-state index < -0.39 is 10.0 Å². The highest BCUT2D eigenvalue weighted by atomic mass is 32.2. The number of benzene rings is 1. The average molecular weight is 294 g/mol. The van der Waals surface area contributed by atoms with Gasteiger partial charge in [-0.1, -0.05) is 6.42 Å². The Kier molecular flexibility index (Phi) is 3.50. The minimum Gasteiger partial charge on any atom is -0.399 e. The number of rotatable bonds is 4. The van der Waals surface area contributed by atoms with Gasteiger partial charge in [-0.2, -0.15) is 0 Å². The van der Waals surface area contributed by atoms with E-state index in [0.717, 1.165) is 5.92 Å². The largest absolute Gasteiger partial charge is 0.399 e. The molecule has 0 radical (unpaired) electrons. The van der Waals surface area contributed by atoms with E-state index in [1.165, 1.54) is 25.7 Å². The van der Waals surface area contributed by atoms with Crippen LogP contribution in [0.15, 0.2) is 29.2 Å². The summed E-state index contributed by atoms with van der Waals surface area (Å²) in [5, 5.41) is 0. The highest BCUT2D eigenvalue weighted by Gasteiger charge is 2.42. The summed E-state index contributed by atoms with van der Waals surface area (Å²) in [5.41, 5.74) is 6.17. The normalized spacial score (nSPS) is 30.6. The molecule has 0 aromatic heterocycles. The lowest BCUT2D eigenvalue weighted by Crippen LogP contribution is -2.40. The van der Waals surface area contributed by atoms with E-state index in [9.17, 15) is 8.42 Å². The number of hydrogen-bond acceptors (Lipinski definition) is 3. The van der Waals surface area contributed by atoms with Gasteiger partial charge in [0, 0.05) is 11.7 Å². The van der Waals surface area contributed by atoms with Crippen molar-refractivity contribution < 1.29 is 8.42 Å². The third-order valence-electron chi connectivity index (χ3n) is 4.97. The third kappa shape index (κ3) is 2.56. The molecule has 0 unspecified atom stereocenters. The zero-order valence-corrected chi connectivity index (χ0v) is 12.6. The van der Waals surface area contributed by atoms with Crippen LogP contribution in [0.1, 0.15) is 32.6 Å². The molecule has 2 aliphatic rings. The number of sulfonamides is 1. The summed E-state index contributed by atoms with van der Waals surface area (Å²) in [7, 11) is -3.44.